The number of rotatable bonds is 3. The van der Waals surface area contributed by atoms with Gasteiger partial charge >= 0.3 is 0 Å². The summed E-state index contributed by atoms with van der Waals surface area (Å²) in [5, 5.41) is 2.07. The van der Waals surface area contributed by atoms with E-state index in [-0.39, 0.29) is 0 Å². The lowest BCUT2D eigenvalue weighted by molar-refractivity contribution is 0.638. The third-order valence-corrected chi connectivity index (χ3v) is 3.05. The quantitative estimate of drug-likeness (QED) is 0.840. The molecule has 2 aromatic rings. The van der Waals surface area contributed by atoms with Gasteiger partial charge in [0.05, 0.1) is 5.69 Å². The van der Waals surface area contributed by atoms with Crippen LogP contribution in [0.3, 0.4) is 0 Å². The lowest BCUT2D eigenvalue weighted by Crippen LogP contribution is -1.99. The molecular formula is C10H15N3S. The highest BCUT2D eigenvalue weighted by molar-refractivity contribution is 7.15. The maximum Gasteiger partial charge on any atom is 0.194 e. The van der Waals surface area contributed by atoms with Crippen LogP contribution in [0.25, 0.3) is 4.96 Å². The zero-order valence-electron chi connectivity index (χ0n) is 8.53. The summed E-state index contributed by atoms with van der Waals surface area (Å²) in [5.74, 6) is 0.654. The van der Waals surface area contributed by atoms with Gasteiger partial charge in [-0.05, 0) is 12.3 Å². The number of thiazole rings is 1. The Bertz CT molecular complexity index is 427. The molecule has 2 N–H and O–H groups in total. The molecule has 0 saturated heterocycles. The SMILES string of the molecule is CC(C)Cc1cn2c(CN)csc2n1. The molecule has 3 nitrogen and oxygen atoms in total. The van der Waals surface area contributed by atoms with Gasteiger partial charge < -0.3 is 5.73 Å². The Kier molecular flexibility index (Phi) is 2.56. The molecule has 0 spiro atoms. The third kappa shape index (κ3) is 1.67. The van der Waals surface area contributed by atoms with Crippen molar-refractivity contribution in [2.75, 3.05) is 0 Å². The largest absolute Gasteiger partial charge is 0.325 e. The summed E-state index contributed by atoms with van der Waals surface area (Å²) < 4.78 is 2.10. The monoisotopic (exact) mass is 209 g/mol. The lowest BCUT2D eigenvalue weighted by atomic mass is 10.1. The molecule has 76 valence electrons. The summed E-state index contributed by atoms with van der Waals surface area (Å²) in [6.45, 7) is 4.99. The van der Waals surface area contributed by atoms with Gasteiger partial charge in [-0.25, -0.2) is 4.98 Å². The van der Waals surface area contributed by atoms with Gasteiger partial charge in [-0.3, -0.25) is 4.40 Å². The molecule has 0 amide bonds. The van der Waals surface area contributed by atoms with Crippen LogP contribution >= 0.6 is 11.3 Å². The third-order valence-electron chi connectivity index (χ3n) is 2.16. The molecule has 0 aliphatic heterocycles. The molecule has 14 heavy (non-hydrogen) atoms. The van der Waals surface area contributed by atoms with Crippen LogP contribution in [-0.2, 0) is 13.0 Å². The van der Waals surface area contributed by atoms with Crippen molar-refractivity contribution in [3.05, 3.63) is 23.0 Å². The van der Waals surface area contributed by atoms with Crippen molar-refractivity contribution in [1.82, 2.24) is 9.38 Å². The van der Waals surface area contributed by atoms with Crippen LogP contribution in [0.15, 0.2) is 11.6 Å². The van der Waals surface area contributed by atoms with Crippen LogP contribution in [-0.4, -0.2) is 9.38 Å². The molecule has 0 saturated carbocycles. The minimum Gasteiger partial charge on any atom is -0.325 e. The Morgan fingerprint density at radius 1 is 1.57 bits per heavy atom. The summed E-state index contributed by atoms with van der Waals surface area (Å²) in [5.41, 5.74) is 7.94. The first-order valence-electron chi connectivity index (χ1n) is 4.85. The molecule has 0 fully saturated rings. The highest BCUT2D eigenvalue weighted by Gasteiger charge is 2.07. The number of hydrogen-bond acceptors (Lipinski definition) is 3. The Morgan fingerprint density at radius 2 is 2.36 bits per heavy atom. The normalized spacial score (nSPS) is 11.7. The maximum absolute atomic E-state index is 5.63. The van der Waals surface area contributed by atoms with Gasteiger partial charge in [-0.2, -0.15) is 0 Å². The molecule has 0 aliphatic carbocycles. The molecule has 0 unspecified atom stereocenters. The second-order valence-corrected chi connectivity index (χ2v) is 4.75. The zero-order chi connectivity index (χ0) is 10.1. The Hall–Kier alpha value is -0.870. The first kappa shape index (κ1) is 9.68. The Morgan fingerprint density at radius 3 is 3.00 bits per heavy atom. The average Bonchev–Trinajstić information content (AvgIpc) is 2.61. The number of imidazole rings is 1. The van der Waals surface area contributed by atoms with Gasteiger partial charge in [0.15, 0.2) is 4.96 Å². The second-order valence-electron chi connectivity index (χ2n) is 3.91. The van der Waals surface area contributed by atoms with Crippen LogP contribution in [0.5, 0.6) is 0 Å². The molecule has 0 aliphatic rings. The van der Waals surface area contributed by atoms with Crippen LogP contribution < -0.4 is 5.73 Å². The number of hydrogen-bond donors (Lipinski definition) is 1. The average molecular weight is 209 g/mol. The van der Waals surface area contributed by atoms with Gasteiger partial charge in [0.2, 0.25) is 0 Å². The summed E-state index contributed by atoms with van der Waals surface area (Å²) >= 11 is 1.66. The van der Waals surface area contributed by atoms with E-state index in [2.05, 4.69) is 34.8 Å². The van der Waals surface area contributed by atoms with E-state index in [1.165, 1.54) is 5.69 Å². The van der Waals surface area contributed by atoms with E-state index in [1.54, 1.807) is 11.3 Å². The molecule has 4 heteroatoms. The first-order chi connectivity index (χ1) is 6.70. The standard InChI is InChI=1S/C10H15N3S/c1-7(2)3-8-5-13-9(4-11)6-14-10(13)12-8/h5-7H,3-4,11H2,1-2H3. The minimum atomic E-state index is 0.581. The lowest BCUT2D eigenvalue weighted by Gasteiger charge is -1.98. The van der Waals surface area contributed by atoms with E-state index in [0.717, 1.165) is 17.1 Å². The van der Waals surface area contributed by atoms with Crippen molar-refractivity contribution in [1.29, 1.82) is 0 Å². The van der Waals surface area contributed by atoms with Crippen molar-refractivity contribution < 1.29 is 0 Å². The number of nitrogens with zero attached hydrogens (tertiary/aromatic N) is 2. The highest BCUT2D eigenvalue weighted by Crippen LogP contribution is 2.17. The van der Waals surface area contributed by atoms with Crippen molar-refractivity contribution in [2.24, 2.45) is 11.7 Å². The molecule has 0 atom stereocenters. The zero-order valence-corrected chi connectivity index (χ0v) is 9.34. The fraction of sp³-hybridized carbons (Fsp3) is 0.500. The molecule has 0 radical (unpaired) electrons. The molecule has 0 aromatic carbocycles. The van der Waals surface area contributed by atoms with Crippen LogP contribution in [0.1, 0.15) is 25.2 Å². The minimum absolute atomic E-state index is 0.581. The molecular weight excluding hydrogens is 194 g/mol. The molecule has 2 heterocycles. The van der Waals surface area contributed by atoms with Crippen molar-refractivity contribution >= 4 is 16.3 Å². The van der Waals surface area contributed by atoms with Crippen molar-refractivity contribution in [3.63, 3.8) is 0 Å². The molecule has 2 rings (SSSR count). The number of aromatic nitrogens is 2. The summed E-state index contributed by atoms with van der Waals surface area (Å²) in [6.07, 6.45) is 3.15. The molecule has 2 aromatic heterocycles. The second kappa shape index (κ2) is 3.71. The van der Waals surface area contributed by atoms with E-state index < -0.39 is 0 Å². The fourth-order valence-corrected chi connectivity index (χ4v) is 2.44. The van der Waals surface area contributed by atoms with E-state index in [0.29, 0.717) is 12.5 Å². The van der Waals surface area contributed by atoms with Gasteiger partial charge in [0, 0.05) is 23.8 Å². The first-order valence-corrected chi connectivity index (χ1v) is 5.73. The maximum atomic E-state index is 5.63. The topological polar surface area (TPSA) is 43.3 Å². The van der Waals surface area contributed by atoms with Gasteiger partial charge in [0.1, 0.15) is 0 Å². The Balaban J connectivity index is 2.37. The van der Waals surface area contributed by atoms with Crippen LogP contribution in [0.4, 0.5) is 0 Å². The number of fused-ring (bicyclic) bond motifs is 1. The van der Waals surface area contributed by atoms with Crippen molar-refractivity contribution in [3.8, 4) is 0 Å². The van der Waals surface area contributed by atoms with E-state index in [4.69, 9.17) is 5.73 Å². The smallest absolute Gasteiger partial charge is 0.194 e. The van der Waals surface area contributed by atoms with Gasteiger partial charge in [0.25, 0.3) is 0 Å². The van der Waals surface area contributed by atoms with Crippen LogP contribution in [0.2, 0.25) is 0 Å². The summed E-state index contributed by atoms with van der Waals surface area (Å²) in [7, 11) is 0. The van der Waals surface area contributed by atoms with Gasteiger partial charge in [-0.15, -0.1) is 11.3 Å². The summed E-state index contributed by atoms with van der Waals surface area (Å²) in [4.78, 5) is 5.60. The molecule has 0 bridgehead atoms. The van der Waals surface area contributed by atoms with Crippen molar-refractivity contribution in [2.45, 2.75) is 26.8 Å². The fourth-order valence-electron chi connectivity index (χ4n) is 1.54. The summed E-state index contributed by atoms with van der Waals surface area (Å²) in [6, 6.07) is 0. The predicted molar refractivity (Wildman–Crippen MR) is 59.5 cm³/mol. The Labute approximate surface area is 87.6 Å². The van der Waals surface area contributed by atoms with E-state index in [1.807, 2.05) is 0 Å². The highest BCUT2D eigenvalue weighted by atomic mass is 32.1. The van der Waals surface area contributed by atoms with E-state index >= 15 is 0 Å². The van der Waals surface area contributed by atoms with Crippen LogP contribution in [0, 0.1) is 5.92 Å². The van der Waals surface area contributed by atoms with Gasteiger partial charge in [-0.1, -0.05) is 13.8 Å². The predicted octanol–water partition coefficient (Wildman–Crippen LogP) is 2.05. The number of nitrogens with two attached hydrogens (primary N) is 1. The van der Waals surface area contributed by atoms with E-state index in [9.17, 15) is 0 Å².